The van der Waals surface area contributed by atoms with Gasteiger partial charge in [0.25, 0.3) is 0 Å². The maximum atomic E-state index is 12.1. The van der Waals surface area contributed by atoms with Gasteiger partial charge in [0.2, 0.25) is 0 Å². The first kappa shape index (κ1) is 18.5. The van der Waals surface area contributed by atoms with Crippen molar-refractivity contribution in [2.45, 2.75) is 25.5 Å². The van der Waals surface area contributed by atoms with E-state index in [1.807, 2.05) is 24.3 Å². The molecule has 6 heteroatoms. The zero-order valence-electron chi connectivity index (χ0n) is 15.9. The van der Waals surface area contributed by atoms with Crippen molar-refractivity contribution in [3.05, 3.63) is 64.7 Å². The van der Waals surface area contributed by atoms with E-state index in [9.17, 15) is 9.59 Å². The van der Waals surface area contributed by atoms with Crippen molar-refractivity contribution in [1.29, 1.82) is 0 Å². The van der Waals surface area contributed by atoms with Crippen LogP contribution in [0.3, 0.4) is 0 Å². The summed E-state index contributed by atoms with van der Waals surface area (Å²) in [6.07, 6.45) is 0.848. The van der Waals surface area contributed by atoms with E-state index in [0.717, 1.165) is 23.2 Å². The third kappa shape index (κ3) is 3.24. The first-order valence-corrected chi connectivity index (χ1v) is 9.50. The van der Waals surface area contributed by atoms with Gasteiger partial charge in [-0.25, -0.2) is 9.59 Å². The fourth-order valence-corrected chi connectivity index (χ4v) is 4.09. The van der Waals surface area contributed by atoms with Gasteiger partial charge in [-0.1, -0.05) is 12.1 Å². The van der Waals surface area contributed by atoms with Gasteiger partial charge in [0.1, 0.15) is 0 Å². The van der Waals surface area contributed by atoms with E-state index >= 15 is 0 Å². The molecule has 0 saturated carbocycles. The predicted octanol–water partition coefficient (Wildman–Crippen LogP) is 3.89. The molecule has 0 amide bonds. The fourth-order valence-electron chi connectivity index (χ4n) is 4.09. The second-order valence-electron chi connectivity index (χ2n) is 7.00. The summed E-state index contributed by atoms with van der Waals surface area (Å²) in [4.78, 5) is 23.8. The zero-order valence-corrected chi connectivity index (χ0v) is 15.9. The second-order valence-corrected chi connectivity index (χ2v) is 7.00. The van der Waals surface area contributed by atoms with Gasteiger partial charge < -0.3 is 19.5 Å². The lowest BCUT2D eigenvalue weighted by Gasteiger charge is -2.36. The highest BCUT2D eigenvalue weighted by Gasteiger charge is 2.41. The largest absolute Gasteiger partial charge is 0.465 e. The standard InChI is InChI=1S/C22H23NO5/c1-3-27-22(25)15-8-9-18-17(12-15)20-16(10-11-28-20)19(23-18)13-4-6-14(7-5-13)21(24)26-2/h4-9,12,16,19-20,23H,3,10-11H2,1-2H3/t16-,19+,20-/m1/s1. The van der Waals surface area contributed by atoms with E-state index in [2.05, 4.69) is 5.32 Å². The van der Waals surface area contributed by atoms with Crippen LogP contribution in [-0.2, 0) is 14.2 Å². The third-order valence-electron chi connectivity index (χ3n) is 5.44. The number of carbonyl (C=O) groups excluding carboxylic acids is 2. The Kier molecular flexibility index (Phi) is 5.05. The summed E-state index contributed by atoms with van der Waals surface area (Å²) in [5.41, 5.74) is 4.11. The van der Waals surface area contributed by atoms with Crippen molar-refractivity contribution in [2.24, 2.45) is 5.92 Å². The molecule has 0 unspecified atom stereocenters. The highest BCUT2D eigenvalue weighted by atomic mass is 16.5. The summed E-state index contributed by atoms with van der Waals surface area (Å²) in [7, 11) is 1.38. The van der Waals surface area contributed by atoms with Crippen LogP contribution in [0.1, 0.15) is 57.3 Å². The molecule has 0 radical (unpaired) electrons. The van der Waals surface area contributed by atoms with Crippen LogP contribution in [0.15, 0.2) is 42.5 Å². The molecule has 2 aromatic rings. The van der Waals surface area contributed by atoms with E-state index in [0.29, 0.717) is 24.3 Å². The normalized spacial score (nSPS) is 22.6. The predicted molar refractivity (Wildman–Crippen MR) is 103 cm³/mol. The minimum Gasteiger partial charge on any atom is -0.465 e. The lowest BCUT2D eigenvalue weighted by atomic mass is 9.80. The summed E-state index contributed by atoms with van der Waals surface area (Å²) >= 11 is 0. The molecule has 0 aliphatic carbocycles. The number of anilines is 1. The maximum absolute atomic E-state index is 12.1. The van der Waals surface area contributed by atoms with Crippen LogP contribution in [0.2, 0.25) is 0 Å². The zero-order chi connectivity index (χ0) is 19.7. The minimum atomic E-state index is -0.345. The molecular weight excluding hydrogens is 358 g/mol. The molecule has 2 aromatic carbocycles. The van der Waals surface area contributed by atoms with Crippen LogP contribution < -0.4 is 5.32 Å². The summed E-state index contributed by atoms with van der Waals surface area (Å²) in [5.74, 6) is -0.420. The van der Waals surface area contributed by atoms with Gasteiger partial charge in [-0.2, -0.15) is 0 Å². The molecule has 0 spiro atoms. The summed E-state index contributed by atoms with van der Waals surface area (Å²) in [5, 5.41) is 3.60. The van der Waals surface area contributed by atoms with E-state index < -0.39 is 0 Å². The molecule has 146 valence electrons. The average molecular weight is 381 g/mol. The van der Waals surface area contributed by atoms with Crippen LogP contribution in [0.5, 0.6) is 0 Å². The van der Waals surface area contributed by atoms with E-state index in [1.54, 1.807) is 25.1 Å². The molecule has 6 nitrogen and oxygen atoms in total. The van der Waals surface area contributed by atoms with Crippen LogP contribution in [0, 0.1) is 5.92 Å². The molecule has 0 bridgehead atoms. The van der Waals surface area contributed by atoms with Crippen molar-refractivity contribution < 1.29 is 23.8 Å². The van der Waals surface area contributed by atoms with Gasteiger partial charge in [0, 0.05) is 23.8 Å². The molecule has 4 rings (SSSR count). The van der Waals surface area contributed by atoms with Crippen LogP contribution in [-0.4, -0.2) is 32.3 Å². The first-order chi connectivity index (χ1) is 13.6. The summed E-state index contributed by atoms with van der Waals surface area (Å²) < 4.78 is 15.9. The van der Waals surface area contributed by atoms with Crippen molar-refractivity contribution in [3.8, 4) is 0 Å². The van der Waals surface area contributed by atoms with Gasteiger partial charge in [0.05, 0.1) is 37.0 Å². The Hall–Kier alpha value is -2.86. The monoisotopic (exact) mass is 381 g/mol. The van der Waals surface area contributed by atoms with E-state index in [1.165, 1.54) is 7.11 Å². The molecule has 0 aromatic heterocycles. The van der Waals surface area contributed by atoms with E-state index in [-0.39, 0.29) is 30.0 Å². The number of esters is 2. The van der Waals surface area contributed by atoms with Gasteiger partial charge in [-0.05, 0) is 49.2 Å². The van der Waals surface area contributed by atoms with Crippen molar-refractivity contribution in [3.63, 3.8) is 0 Å². The number of hydrogen-bond donors (Lipinski definition) is 1. The average Bonchev–Trinajstić information content (AvgIpc) is 3.23. The lowest BCUT2D eigenvalue weighted by molar-refractivity contribution is 0.0523. The Morgan fingerprint density at radius 3 is 2.57 bits per heavy atom. The van der Waals surface area contributed by atoms with E-state index in [4.69, 9.17) is 14.2 Å². The molecule has 28 heavy (non-hydrogen) atoms. The maximum Gasteiger partial charge on any atom is 0.338 e. The van der Waals surface area contributed by atoms with Crippen molar-refractivity contribution in [2.75, 3.05) is 25.6 Å². The number of carbonyl (C=O) groups is 2. The Morgan fingerprint density at radius 1 is 1.11 bits per heavy atom. The van der Waals surface area contributed by atoms with Gasteiger partial charge in [0.15, 0.2) is 0 Å². The lowest BCUT2D eigenvalue weighted by Crippen LogP contribution is -2.29. The molecule has 1 fully saturated rings. The number of ether oxygens (including phenoxy) is 3. The Morgan fingerprint density at radius 2 is 1.86 bits per heavy atom. The van der Waals surface area contributed by atoms with Crippen LogP contribution in [0.4, 0.5) is 5.69 Å². The molecule has 2 heterocycles. The Balaban J connectivity index is 1.65. The van der Waals surface area contributed by atoms with Gasteiger partial charge in [-0.3, -0.25) is 0 Å². The van der Waals surface area contributed by atoms with Gasteiger partial charge >= 0.3 is 11.9 Å². The molecule has 1 N–H and O–H groups in total. The molecule has 3 atom stereocenters. The Bertz CT molecular complexity index is 892. The number of nitrogens with one attached hydrogen (secondary N) is 1. The van der Waals surface area contributed by atoms with Crippen LogP contribution in [0.25, 0.3) is 0 Å². The molecule has 2 aliphatic rings. The van der Waals surface area contributed by atoms with Crippen molar-refractivity contribution in [1.82, 2.24) is 0 Å². The van der Waals surface area contributed by atoms with Gasteiger partial charge in [-0.15, -0.1) is 0 Å². The molecule has 2 aliphatic heterocycles. The third-order valence-corrected chi connectivity index (χ3v) is 5.44. The summed E-state index contributed by atoms with van der Waals surface area (Å²) in [6.45, 7) is 2.82. The summed E-state index contributed by atoms with van der Waals surface area (Å²) in [6, 6.07) is 13.1. The number of benzene rings is 2. The highest BCUT2D eigenvalue weighted by molar-refractivity contribution is 5.90. The Labute approximate surface area is 163 Å². The topological polar surface area (TPSA) is 73.9 Å². The number of methoxy groups -OCH3 is 1. The number of fused-ring (bicyclic) bond motifs is 3. The fraction of sp³-hybridized carbons (Fsp3) is 0.364. The smallest absolute Gasteiger partial charge is 0.338 e. The highest BCUT2D eigenvalue weighted by Crippen LogP contribution is 2.50. The van der Waals surface area contributed by atoms with Crippen LogP contribution >= 0.6 is 0 Å². The first-order valence-electron chi connectivity index (χ1n) is 9.50. The number of hydrogen-bond acceptors (Lipinski definition) is 6. The SMILES string of the molecule is CCOC(=O)c1ccc2c(c1)[C@@H]1OCC[C@@H]1[C@H](c1ccc(C(=O)OC)cc1)N2. The van der Waals surface area contributed by atoms with Crippen molar-refractivity contribution >= 4 is 17.6 Å². The number of rotatable bonds is 4. The second kappa shape index (κ2) is 7.64. The molecule has 1 saturated heterocycles. The quantitative estimate of drug-likeness (QED) is 0.810. The molecular formula is C22H23NO5. The minimum absolute atomic E-state index is 0.0696.